The Morgan fingerprint density at radius 1 is 1.30 bits per heavy atom. The van der Waals surface area contributed by atoms with E-state index >= 15 is 0 Å². The molecule has 2 aromatic rings. The van der Waals surface area contributed by atoms with Crippen molar-refractivity contribution in [2.24, 2.45) is 7.05 Å². The number of aromatic nitrogens is 3. The highest BCUT2D eigenvalue weighted by molar-refractivity contribution is 7.99. The Morgan fingerprint density at radius 3 is 2.50 bits per heavy atom. The smallest absolute Gasteiger partial charge is 0.309 e. The highest BCUT2D eigenvalue weighted by Crippen LogP contribution is 2.34. The second kappa shape index (κ2) is 5.17. The second-order valence-electron chi connectivity index (χ2n) is 4.01. The molecule has 1 aromatic heterocycles. The van der Waals surface area contributed by atoms with Crippen molar-refractivity contribution in [3.8, 4) is 6.07 Å². The van der Waals surface area contributed by atoms with Gasteiger partial charge in [-0.3, -0.25) is 0 Å². The molecule has 4 nitrogen and oxygen atoms in total. The van der Waals surface area contributed by atoms with E-state index < -0.39 is 11.7 Å². The van der Waals surface area contributed by atoms with Gasteiger partial charge in [-0.25, -0.2) is 0 Å². The lowest BCUT2D eigenvalue weighted by atomic mass is 10.1. The summed E-state index contributed by atoms with van der Waals surface area (Å²) in [4.78, 5) is 0.413. The van der Waals surface area contributed by atoms with E-state index in [1.807, 2.05) is 0 Å². The van der Waals surface area contributed by atoms with E-state index in [1.54, 1.807) is 24.6 Å². The molecular weight excluding hydrogens is 289 g/mol. The van der Waals surface area contributed by atoms with Gasteiger partial charge in [0, 0.05) is 11.9 Å². The maximum atomic E-state index is 12.6. The number of nitrogens with zero attached hydrogens (tertiary/aromatic N) is 4. The lowest BCUT2D eigenvalue weighted by Gasteiger charge is -2.09. The molecule has 2 rings (SSSR count). The number of aryl methyl sites for hydroxylation is 1. The molecule has 0 amide bonds. The Kier molecular flexibility index (Phi) is 3.72. The number of rotatable bonds is 2. The average Bonchev–Trinajstić information content (AvgIpc) is 2.70. The van der Waals surface area contributed by atoms with Crippen molar-refractivity contribution in [2.75, 3.05) is 0 Å². The van der Waals surface area contributed by atoms with Crippen LogP contribution in [0.15, 0.2) is 28.3 Å². The van der Waals surface area contributed by atoms with Crippen LogP contribution in [0.1, 0.15) is 17.0 Å². The van der Waals surface area contributed by atoms with Crippen LogP contribution >= 0.6 is 11.8 Å². The zero-order chi connectivity index (χ0) is 14.9. The van der Waals surface area contributed by atoms with Crippen LogP contribution in [0.3, 0.4) is 0 Å². The molecule has 1 aromatic carbocycles. The summed E-state index contributed by atoms with van der Waals surface area (Å²) in [6.07, 6.45) is -4.46. The Balaban J connectivity index is 2.39. The van der Waals surface area contributed by atoms with Gasteiger partial charge in [-0.2, -0.15) is 18.4 Å². The molecule has 0 saturated carbocycles. The molecule has 0 spiro atoms. The zero-order valence-corrected chi connectivity index (χ0v) is 11.4. The fourth-order valence-electron chi connectivity index (χ4n) is 1.46. The average molecular weight is 298 g/mol. The molecule has 0 atom stereocenters. The van der Waals surface area contributed by atoms with Crippen molar-refractivity contribution >= 4 is 11.8 Å². The van der Waals surface area contributed by atoms with Crippen LogP contribution < -0.4 is 0 Å². The van der Waals surface area contributed by atoms with E-state index in [9.17, 15) is 13.2 Å². The van der Waals surface area contributed by atoms with E-state index in [2.05, 4.69) is 10.2 Å². The molecule has 20 heavy (non-hydrogen) atoms. The number of alkyl halides is 3. The Bertz CT molecular complexity index is 685. The number of halogens is 3. The van der Waals surface area contributed by atoms with Crippen LogP contribution in [0.25, 0.3) is 0 Å². The van der Waals surface area contributed by atoms with Crippen molar-refractivity contribution < 1.29 is 13.2 Å². The third-order valence-corrected chi connectivity index (χ3v) is 3.80. The predicted octanol–water partition coefficient (Wildman–Crippen LogP) is 3.17. The minimum absolute atomic E-state index is 0.0366. The summed E-state index contributed by atoms with van der Waals surface area (Å²) >= 11 is 1.11. The monoisotopic (exact) mass is 298 g/mol. The van der Waals surface area contributed by atoms with Crippen molar-refractivity contribution in [2.45, 2.75) is 23.2 Å². The van der Waals surface area contributed by atoms with Crippen LogP contribution in [0.4, 0.5) is 13.2 Å². The first-order valence-corrected chi connectivity index (χ1v) is 6.29. The molecule has 104 valence electrons. The molecular formula is C12H9F3N4S. The van der Waals surface area contributed by atoms with Gasteiger partial charge in [-0.05, 0) is 36.9 Å². The molecule has 0 aliphatic rings. The third kappa shape index (κ3) is 2.77. The van der Waals surface area contributed by atoms with E-state index in [1.165, 1.54) is 6.07 Å². The van der Waals surface area contributed by atoms with E-state index in [0.717, 1.165) is 23.9 Å². The lowest BCUT2D eigenvalue weighted by Crippen LogP contribution is -2.05. The first-order valence-electron chi connectivity index (χ1n) is 5.48. The van der Waals surface area contributed by atoms with Crippen LogP contribution in [0.5, 0.6) is 0 Å². The molecule has 0 radical (unpaired) electrons. The summed E-state index contributed by atoms with van der Waals surface area (Å²) in [7, 11) is 1.74. The van der Waals surface area contributed by atoms with Crippen molar-refractivity contribution in [3.05, 3.63) is 35.2 Å². The molecule has 0 unspecified atom stereocenters. The fraction of sp³-hybridized carbons (Fsp3) is 0.250. The largest absolute Gasteiger partial charge is 0.416 e. The minimum Gasteiger partial charge on any atom is -0.309 e. The first-order chi connectivity index (χ1) is 9.32. The molecule has 0 fully saturated rings. The summed E-state index contributed by atoms with van der Waals surface area (Å²) < 4.78 is 39.5. The van der Waals surface area contributed by atoms with Crippen LogP contribution in [0, 0.1) is 18.3 Å². The first kappa shape index (κ1) is 14.4. The van der Waals surface area contributed by atoms with Gasteiger partial charge in [-0.15, -0.1) is 10.2 Å². The Morgan fingerprint density at radius 2 is 2.00 bits per heavy atom. The maximum Gasteiger partial charge on any atom is 0.416 e. The number of nitriles is 1. The summed E-state index contributed by atoms with van der Waals surface area (Å²) in [6.45, 7) is 1.76. The summed E-state index contributed by atoms with van der Waals surface area (Å²) in [5.41, 5.74) is -0.877. The lowest BCUT2D eigenvalue weighted by molar-refractivity contribution is -0.137. The quantitative estimate of drug-likeness (QED) is 0.854. The SMILES string of the molecule is Cc1nnc(Sc2ccc(C(F)(F)F)cc2C#N)n1C. The van der Waals surface area contributed by atoms with Gasteiger partial charge in [-0.1, -0.05) is 0 Å². The predicted molar refractivity (Wildman–Crippen MR) is 66.0 cm³/mol. The second-order valence-corrected chi connectivity index (χ2v) is 5.02. The van der Waals surface area contributed by atoms with Crippen molar-refractivity contribution in [1.82, 2.24) is 14.8 Å². The van der Waals surface area contributed by atoms with Gasteiger partial charge in [0.25, 0.3) is 0 Å². The molecule has 0 aliphatic carbocycles. The molecule has 0 saturated heterocycles. The van der Waals surface area contributed by atoms with Gasteiger partial charge in [0.05, 0.1) is 11.1 Å². The molecule has 0 bridgehead atoms. The maximum absolute atomic E-state index is 12.6. The number of benzene rings is 1. The zero-order valence-electron chi connectivity index (χ0n) is 10.6. The fourth-order valence-corrected chi connectivity index (χ4v) is 2.36. The van der Waals surface area contributed by atoms with E-state index in [0.29, 0.717) is 15.9 Å². The number of hydrogen-bond donors (Lipinski definition) is 0. The van der Waals surface area contributed by atoms with Crippen LogP contribution in [0.2, 0.25) is 0 Å². The van der Waals surface area contributed by atoms with Gasteiger partial charge < -0.3 is 4.57 Å². The highest BCUT2D eigenvalue weighted by Gasteiger charge is 2.31. The molecule has 8 heteroatoms. The van der Waals surface area contributed by atoms with Gasteiger partial charge in [0.1, 0.15) is 11.9 Å². The summed E-state index contributed by atoms with van der Waals surface area (Å²) in [6, 6.07) is 4.84. The van der Waals surface area contributed by atoms with Crippen molar-refractivity contribution in [1.29, 1.82) is 5.26 Å². The standard InChI is InChI=1S/C12H9F3N4S/c1-7-17-18-11(19(7)2)20-10-4-3-9(12(13,14)15)5-8(10)6-16/h3-5H,1-2H3. The molecule has 0 aliphatic heterocycles. The highest BCUT2D eigenvalue weighted by atomic mass is 32.2. The Hall–Kier alpha value is -2.01. The molecule has 1 heterocycles. The van der Waals surface area contributed by atoms with E-state index in [-0.39, 0.29) is 5.56 Å². The number of hydrogen-bond acceptors (Lipinski definition) is 4. The van der Waals surface area contributed by atoms with Crippen LogP contribution in [-0.2, 0) is 13.2 Å². The molecule has 0 N–H and O–H groups in total. The normalized spacial score (nSPS) is 11.4. The van der Waals surface area contributed by atoms with Gasteiger partial charge >= 0.3 is 6.18 Å². The van der Waals surface area contributed by atoms with E-state index in [4.69, 9.17) is 5.26 Å². The summed E-state index contributed by atoms with van der Waals surface area (Å²) in [5.74, 6) is 0.679. The topological polar surface area (TPSA) is 54.5 Å². The summed E-state index contributed by atoms with van der Waals surface area (Å²) in [5, 5.41) is 17.3. The van der Waals surface area contributed by atoms with Crippen molar-refractivity contribution in [3.63, 3.8) is 0 Å². The third-order valence-electron chi connectivity index (χ3n) is 2.68. The van der Waals surface area contributed by atoms with Gasteiger partial charge in [0.2, 0.25) is 0 Å². The minimum atomic E-state index is -4.46. The Labute approximate surface area is 117 Å². The van der Waals surface area contributed by atoms with Gasteiger partial charge in [0.15, 0.2) is 5.16 Å². The van der Waals surface area contributed by atoms with Crippen LogP contribution in [-0.4, -0.2) is 14.8 Å².